The summed E-state index contributed by atoms with van der Waals surface area (Å²) < 4.78 is 0. The van der Waals surface area contributed by atoms with Crippen LogP contribution in [-0.4, -0.2) is 22.2 Å². The molecule has 1 rings (SSSR count). The van der Waals surface area contributed by atoms with E-state index in [0.717, 1.165) is 25.7 Å². The van der Waals surface area contributed by atoms with E-state index >= 15 is 0 Å². The van der Waals surface area contributed by atoms with Gasteiger partial charge in [0.05, 0.1) is 5.41 Å². The van der Waals surface area contributed by atoms with E-state index in [1.54, 1.807) is 0 Å². The Balaban J connectivity index is 3.02. The average molecular weight is 212 g/mol. The standard InChI is InChI=1S/C11H16O4/c1-7(9(12)13)11(2,10(14)15)8-5-3-4-6-8/h8H,1,3-6H2,2H3,(H,12,13)(H,14,15). The van der Waals surface area contributed by atoms with Crippen LogP contribution in [0.25, 0.3) is 0 Å². The molecule has 0 aromatic heterocycles. The van der Waals surface area contributed by atoms with Gasteiger partial charge in [-0.05, 0) is 25.7 Å². The summed E-state index contributed by atoms with van der Waals surface area (Å²) in [5.41, 5.74) is -1.52. The van der Waals surface area contributed by atoms with Gasteiger partial charge in [-0.15, -0.1) is 0 Å². The van der Waals surface area contributed by atoms with Crippen LogP contribution in [0, 0.1) is 11.3 Å². The summed E-state index contributed by atoms with van der Waals surface area (Å²) in [4.78, 5) is 22.1. The third kappa shape index (κ3) is 1.89. The SMILES string of the molecule is C=C(C(=O)O)C(C)(C(=O)O)C1CCCC1. The highest BCUT2D eigenvalue weighted by Crippen LogP contribution is 2.44. The Morgan fingerprint density at radius 2 is 1.73 bits per heavy atom. The Bertz CT molecular complexity index is 302. The van der Waals surface area contributed by atoms with Gasteiger partial charge in [0, 0.05) is 5.57 Å². The molecule has 1 unspecified atom stereocenters. The van der Waals surface area contributed by atoms with Crippen molar-refractivity contribution in [2.45, 2.75) is 32.6 Å². The van der Waals surface area contributed by atoms with Crippen molar-refractivity contribution in [1.82, 2.24) is 0 Å². The van der Waals surface area contributed by atoms with Gasteiger partial charge in [-0.2, -0.15) is 0 Å². The van der Waals surface area contributed by atoms with Crippen LogP contribution in [0.15, 0.2) is 12.2 Å². The predicted molar refractivity (Wildman–Crippen MR) is 54.5 cm³/mol. The molecular formula is C11H16O4. The van der Waals surface area contributed by atoms with Crippen LogP contribution in [0.1, 0.15) is 32.6 Å². The van der Waals surface area contributed by atoms with Crippen molar-refractivity contribution in [3.8, 4) is 0 Å². The minimum absolute atomic E-state index is 0.0985. The van der Waals surface area contributed by atoms with Crippen molar-refractivity contribution >= 4 is 11.9 Å². The molecule has 84 valence electrons. The highest BCUT2D eigenvalue weighted by molar-refractivity contribution is 5.95. The lowest BCUT2D eigenvalue weighted by molar-refractivity contribution is -0.152. The zero-order valence-electron chi connectivity index (χ0n) is 8.82. The molecule has 0 aromatic carbocycles. The van der Waals surface area contributed by atoms with Crippen molar-refractivity contribution in [3.05, 3.63) is 12.2 Å². The lowest BCUT2D eigenvalue weighted by Gasteiger charge is -2.31. The minimum Gasteiger partial charge on any atom is -0.481 e. The highest BCUT2D eigenvalue weighted by atomic mass is 16.4. The van der Waals surface area contributed by atoms with E-state index in [4.69, 9.17) is 5.11 Å². The van der Waals surface area contributed by atoms with Gasteiger partial charge in [-0.3, -0.25) is 4.79 Å². The molecule has 1 fully saturated rings. The number of rotatable bonds is 4. The number of hydrogen-bond donors (Lipinski definition) is 2. The van der Waals surface area contributed by atoms with E-state index in [0.29, 0.717) is 0 Å². The number of hydrogen-bond acceptors (Lipinski definition) is 2. The van der Waals surface area contributed by atoms with E-state index in [9.17, 15) is 14.7 Å². The van der Waals surface area contributed by atoms with Crippen molar-refractivity contribution in [1.29, 1.82) is 0 Å². The topological polar surface area (TPSA) is 74.6 Å². The second-order valence-electron chi connectivity index (χ2n) is 4.27. The summed E-state index contributed by atoms with van der Waals surface area (Å²) in [6.45, 7) is 4.89. The molecule has 2 N–H and O–H groups in total. The lowest BCUT2D eigenvalue weighted by atomic mass is 9.71. The normalized spacial score (nSPS) is 20.9. The monoisotopic (exact) mass is 212 g/mol. The van der Waals surface area contributed by atoms with Gasteiger partial charge < -0.3 is 10.2 Å². The zero-order valence-corrected chi connectivity index (χ0v) is 8.82. The van der Waals surface area contributed by atoms with Gasteiger partial charge in [0.1, 0.15) is 0 Å². The first-order valence-electron chi connectivity index (χ1n) is 5.06. The Labute approximate surface area is 88.6 Å². The van der Waals surface area contributed by atoms with E-state index in [-0.39, 0.29) is 11.5 Å². The van der Waals surface area contributed by atoms with Gasteiger partial charge in [-0.1, -0.05) is 19.4 Å². The lowest BCUT2D eigenvalue weighted by Crippen LogP contribution is -2.38. The molecule has 0 aliphatic heterocycles. The maximum atomic E-state index is 11.2. The fourth-order valence-corrected chi connectivity index (χ4v) is 2.28. The molecule has 1 aliphatic rings. The molecule has 1 atom stereocenters. The summed E-state index contributed by atoms with van der Waals surface area (Å²) in [5.74, 6) is -2.40. The first-order valence-corrected chi connectivity index (χ1v) is 5.06. The molecule has 4 heteroatoms. The predicted octanol–water partition coefficient (Wildman–Crippen LogP) is 1.91. The smallest absolute Gasteiger partial charge is 0.332 e. The quantitative estimate of drug-likeness (QED) is 0.698. The molecule has 0 spiro atoms. The molecule has 0 heterocycles. The van der Waals surface area contributed by atoms with E-state index in [2.05, 4.69) is 6.58 Å². The second kappa shape index (κ2) is 4.04. The van der Waals surface area contributed by atoms with E-state index in [1.165, 1.54) is 6.92 Å². The number of carboxylic acid groups (broad SMARTS) is 2. The maximum absolute atomic E-state index is 11.2. The number of aliphatic carboxylic acids is 2. The van der Waals surface area contributed by atoms with Gasteiger partial charge in [0.15, 0.2) is 0 Å². The van der Waals surface area contributed by atoms with Crippen LogP contribution in [0.5, 0.6) is 0 Å². The van der Waals surface area contributed by atoms with Gasteiger partial charge in [-0.25, -0.2) is 4.79 Å². The first kappa shape index (κ1) is 11.8. The first-order chi connectivity index (χ1) is 6.90. The van der Waals surface area contributed by atoms with Crippen LogP contribution in [0.3, 0.4) is 0 Å². The van der Waals surface area contributed by atoms with E-state index in [1.807, 2.05) is 0 Å². The van der Waals surface area contributed by atoms with Gasteiger partial charge in [0.25, 0.3) is 0 Å². The number of carbonyl (C=O) groups is 2. The molecule has 0 radical (unpaired) electrons. The Kier molecular flexibility index (Phi) is 3.17. The van der Waals surface area contributed by atoms with Crippen LogP contribution in [0.2, 0.25) is 0 Å². The zero-order chi connectivity index (χ0) is 11.6. The molecule has 0 amide bonds. The highest BCUT2D eigenvalue weighted by Gasteiger charge is 2.47. The Morgan fingerprint density at radius 1 is 1.27 bits per heavy atom. The summed E-state index contributed by atoms with van der Waals surface area (Å²) in [6.07, 6.45) is 3.49. The summed E-state index contributed by atoms with van der Waals surface area (Å²) >= 11 is 0. The molecule has 0 bridgehead atoms. The third-order valence-corrected chi connectivity index (χ3v) is 3.50. The minimum atomic E-state index is -1.32. The summed E-state index contributed by atoms with van der Waals surface area (Å²) in [5, 5.41) is 18.1. The molecular weight excluding hydrogens is 196 g/mol. The molecule has 1 aliphatic carbocycles. The van der Waals surface area contributed by atoms with Crippen LogP contribution in [0.4, 0.5) is 0 Å². The number of carboxylic acids is 2. The van der Waals surface area contributed by atoms with Gasteiger partial charge in [0.2, 0.25) is 0 Å². The molecule has 15 heavy (non-hydrogen) atoms. The summed E-state index contributed by atoms with van der Waals surface area (Å²) in [6, 6.07) is 0. The van der Waals surface area contributed by atoms with Gasteiger partial charge >= 0.3 is 11.9 Å². The molecule has 0 saturated heterocycles. The third-order valence-electron chi connectivity index (χ3n) is 3.50. The average Bonchev–Trinajstić information content (AvgIpc) is 2.67. The van der Waals surface area contributed by atoms with Crippen molar-refractivity contribution < 1.29 is 19.8 Å². The van der Waals surface area contributed by atoms with Crippen molar-refractivity contribution in [2.75, 3.05) is 0 Å². The fraction of sp³-hybridized carbons (Fsp3) is 0.636. The fourth-order valence-electron chi connectivity index (χ4n) is 2.28. The Morgan fingerprint density at radius 3 is 2.07 bits per heavy atom. The molecule has 1 saturated carbocycles. The molecule has 4 nitrogen and oxygen atoms in total. The van der Waals surface area contributed by atoms with Crippen LogP contribution < -0.4 is 0 Å². The van der Waals surface area contributed by atoms with Crippen LogP contribution in [-0.2, 0) is 9.59 Å². The van der Waals surface area contributed by atoms with E-state index < -0.39 is 17.4 Å². The van der Waals surface area contributed by atoms with Crippen molar-refractivity contribution in [2.24, 2.45) is 11.3 Å². The van der Waals surface area contributed by atoms with Crippen LogP contribution >= 0.6 is 0 Å². The molecule has 0 aromatic rings. The Hall–Kier alpha value is -1.32. The summed E-state index contributed by atoms with van der Waals surface area (Å²) in [7, 11) is 0. The van der Waals surface area contributed by atoms with Crippen molar-refractivity contribution in [3.63, 3.8) is 0 Å². The maximum Gasteiger partial charge on any atom is 0.332 e. The second-order valence-corrected chi connectivity index (χ2v) is 4.27. The largest absolute Gasteiger partial charge is 0.481 e.